The van der Waals surface area contributed by atoms with Crippen LogP contribution in [0.3, 0.4) is 0 Å². The van der Waals surface area contributed by atoms with E-state index in [1.165, 1.54) is 0 Å². The lowest BCUT2D eigenvalue weighted by Crippen LogP contribution is -2.04. The van der Waals surface area contributed by atoms with Gasteiger partial charge in [0.2, 0.25) is 11.8 Å². The average molecular weight is 291 g/mol. The molecule has 0 atom stereocenters. The molecular formula is C17H13N3O2. The minimum absolute atomic E-state index is 0.0288. The Morgan fingerprint density at radius 1 is 1.18 bits per heavy atom. The lowest BCUT2D eigenvalue weighted by molar-refractivity contribution is -0.115. The summed E-state index contributed by atoms with van der Waals surface area (Å²) < 4.78 is 5.92. The van der Waals surface area contributed by atoms with Gasteiger partial charge in [0.1, 0.15) is 5.82 Å². The Labute approximate surface area is 127 Å². The first-order valence-electron chi connectivity index (χ1n) is 7.03. The monoisotopic (exact) mass is 291 g/mol. The van der Waals surface area contributed by atoms with E-state index >= 15 is 0 Å². The Morgan fingerprint density at radius 3 is 2.82 bits per heavy atom. The van der Waals surface area contributed by atoms with Gasteiger partial charge in [-0.05, 0) is 25.1 Å². The van der Waals surface area contributed by atoms with Gasteiger partial charge in [-0.3, -0.25) is 4.79 Å². The first-order valence-corrected chi connectivity index (χ1v) is 7.03. The Morgan fingerprint density at radius 2 is 2.00 bits per heavy atom. The molecule has 108 valence electrons. The number of oxazole rings is 1. The molecule has 4 rings (SSSR count). The third kappa shape index (κ3) is 2.07. The van der Waals surface area contributed by atoms with Gasteiger partial charge in [-0.2, -0.15) is 0 Å². The summed E-state index contributed by atoms with van der Waals surface area (Å²) in [5.41, 5.74) is 3.46. The van der Waals surface area contributed by atoms with E-state index in [0.29, 0.717) is 23.9 Å². The number of hydrogen-bond acceptors (Lipinski definition) is 4. The predicted molar refractivity (Wildman–Crippen MR) is 82.2 cm³/mol. The van der Waals surface area contributed by atoms with Crippen LogP contribution in [0.25, 0.3) is 22.8 Å². The summed E-state index contributed by atoms with van der Waals surface area (Å²) in [5, 5.41) is 2.73. The summed E-state index contributed by atoms with van der Waals surface area (Å²) in [7, 11) is 0. The van der Waals surface area contributed by atoms with Gasteiger partial charge in [0, 0.05) is 22.9 Å². The third-order valence-electron chi connectivity index (χ3n) is 3.65. The second kappa shape index (κ2) is 4.80. The summed E-state index contributed by atoms with van der Waals surface area (Å²) >= 11 is 0. The average Bonchev–Trinajstić information content (AvgIpc) is 3.09. The van der Waals surface area contributed by atoms with Crippen LogP contribution in [0.4, 0.5) is 5.82 Å². The number of aromatic nitrogens is 2. The number of carbonyl (C=O) groups is 1. The zero-order valence-electron chi connectivity index (χ0n) is 12.0. The van der Waals surface area contributed by atoms with Crippen LogP contribution in [0.15, 0.2) is 47.0 Å². The number of aryl methyl sites for hydroxylation is 1. The van der Waals surface area contributed by atoms with Gasteiger partial charge >= 0.3 is 0 Å². The fourth-order valence-electron chi connectivity index (χ4n) is 2.60. The first kappa shape index (κ1) is 12.8. The maximum atomic E-state index is 11.4. The number of amides is 1. The SMILES string of the molecule is Cc1nc(-c2ccccc2)oc1-c1cnc2c(c1)CC(=O)N2. The molecule has 2 aromatic heterocycles. The summed E-state index contributed by atoms with van der Waals surface area (Å²) in [6.45, 7) is 1.90. The molecule has 0 unspecified atom stereocenters. The van der Waals surface area contributed by atoms with Crippen LogP contribution < -0.4 is 5.32 Å². The van der Waals surface area contributed by atoms with Crippen LogP contribution in [0.5, 0.6) is 0 Å². The highest BCUT2D eigenvalue weighted by Crippen LogP contribution is 2.31. The highest BCUT2D eigenvalue weighted by Gasteiger charge is 2.21. The van der Waals surface area contributed by atoms with Gasteiger partial charge in [-0.25, -0.2) is 9.97 Å². The van der Waals surface area contributed by atoms with E-state index in [2.05, 4.69) is 15.3 Å². The van der Waals surface area contributed by atoms with Crippen LogP contribution in [0, 0.1) is 6.92 Å². The van der Waals surface area contributed by atoms with Crippen molar-refractivity contribution < 1.29 is 9.21 Å². The van der Waals surface area contributed by atoms with Crippen molar-refractivity contribution in [3.8, 4) is 22.8 Å². The number of nitrogens with one attached hydrogen (secondary N) is 1. The molecule has 5 heteroatoms. The molecule has 0 saturated carbocycles. The van der Waals surface area contributed by atoms with E-state index < -0.39 is 0 Å². The number of benzene rings is 1. The molecule has 1 amide bonds. The van der Waals surface area contributed by atoms with Gasteiger partial charge < -0.3 is 9.73 Å². The lowest BCUT2D eigenvalue weighted by atomic mass is 10.1. The number of carbonyl (C=O) groups excluding carboxylic acids is 1. The number of pyridine rings is 1. The Hall–Kier alpha value is -2.95. The minimum Gasteiger partial charge on any atom is -0.436 e. The van der Waals surface area contributed by atoms with E-state index in [1.807, 2.05) is 43.3 Å². The second-order valence-corrected chi connectivity index (χ2v) is 5.26. The molecule has 0 bridgehead atoms. The molecule has 1 aliphatic rings. The van der Waals surface area contributed by atoms with Gasteiger partial charge in [0.05, 0.1) is 12.1 Å². The maximum Gasteiger partial charge on any atom is 0.230 e. The molecule has 1 aromatic carbocycles. The van der Waals surface area contributed by atoms with Gasteiger partial charge in [-0.15, -0.1) is 0 Å². The van der Waals surface area contributed by atoms with Gasteiger partial charge in [-0.1, -0.05) is 18.2 Å². The quantitative estimate of drug-likeness (QED) is 0.787. The van der Waals surface area contributed by atoms with Crippen LogP contribution in [-0.2, 0) is 11.2 Å². The van der Waals surface area contributed by atoms with Crippen molar-refractivity contribution in [2.45, 2.75) is 13.3 Å². The lowest BCUT2D eigenvalue weighted by Gasteiger charge is -2.01. The molecule has 0 aliphatic carbocycles. The molecule has 1 N–H and O–H groups in total. The van der Waals surface area contributed by atoms with Crippen molar-refractivity contribution in [3.05, 3.63) is 53.9 Å². The fraction of sp³-hybridized carbons (Fsp3) is 0.118. The number of fused-ring (bicyclic) bond motifs is 1. The molecule has 22 heavy (non-hydrogen) atoms. The van der Waals surface area contributed by atoms with Gasteiger partial charge in [0.25, 0.3) is 0 Å². The normalized spacial score (nSPS) is 13.0. The zero-order chi connectivity index (χ0) is 15.1. The number of anilines is 1. The predicted octanol–water partition coefficient (Wildman–Crippen LogP) is 3.21. The Balaban J connectivity index is 1.77. The van der Waals surface area contributed by atoms with Crippen molar-refractivity contribution in [1.82, 2.24) is 9.97 Å². The largest absolute Gasteiger partial charge is 0.436 e. The molecule has 0 radical (unpaired) electrons. The smallest absolute Gasteiger partial charge is 0.230 e. The molecule has 1 aliphatic heterocycles. The second-order valence-electron chi connectivity index (χ2n) is 5.26. The van der Waals surface area contributed by atoms with Crippen molar-refractivity contribution in [2.24, 2.45) is 0 Å². The van der Waals surface area contributed by atoms with Crippen LogP contribution in [-0.4, -0.2) is 15.9 Å². The highest BCUT2D eigenvalue weighted by molar-refractivity contribution is 5.98. The molecule has 3 aromatic rings. The van der Waals surface area contributed by atoms with E-state index in [9.17, 15) is 4.79 Å². The van der Waals surface area contributed by atoms with E-state index in [1.54, 1.807) is 6.20 Å². The topological polar surface area (TPSA) is 68.0 Å². The highest BCUT2D eigenvalue weighted by atomic mass is 16.4. The van der Waals surface area contributed by atoms with Gasteiger partial charge in [0.15, 0.2) is 5.76 Å². The van der Waals surface area contributed by atoms with Crippen LogP contribution in [0.1, 0.15) is 11.3 Å². The summed E-state index contributed by atoms with van der Waals surface area (Å²) in [6.07, 6.45) is 2.06. The molecule has 5 nitrogen and oxygen atoms in total. The van der Waals surface area contributed by atoms with Crippen molar-refractivity contribution >= 4 is 11.7 Å². The Bertz CT molecular complexity index is 869. The van der Waals surface area contributed by atoms with Crippen molar-refractivity contribution in [3.63, 3.8) is 0 Å². The standard InChI is InChI=1S/C17H13N3O2/c1-10-15(22-17(19-10)11-5-3-2-4-6-11)13-7-12-8-14(21)20-16(12)18-9-13/h2-7,9H,8H2,1H3,(H,18,20,21). The molecule has 0 spiro atoms. The van der Waals surface area contributed by atoms with E-state index in [4.69, 9.17) is 4.42 Å². The fourth-order valence-corrected chi connectivity index (χ4v) is 2.60. The molecular weight excluding hydrogens is 278 g/mol. The summed E-state index contributed by atoms with van der Waals surface area (Å²) in [5.74, 6) is 1.88. The van der Waals surface area contributed by atoms with Crippen LogP contribution >= 0.6 is 0 Å². The van der Waals surface area contributed by atoms with E-state index in [-0.39, 0.29) is 5.91 Å². The summed E-state index contributed by atoms with van der Waals surface area (Å²) in [6, 6.07) is 11.7. The van der Waals surface area contributed by atoms with Crippen molar-refractivity contribution in [1.29, 1.82) is 0 Å². The zero-order valence-corrected chi connectivity index (χ0v) is 12.0. The molecule has 3 heterocycles. The third-order valence-corrected chi connectivity index (χ3v) is 3.65. The molecule has 0 fully saturated rings. The Kier molecular flexibility index (Phi) is 2.79. The number of hydrogen-bond donors (Lipinski definition) is 1. The van der Waals surface area contributed by atoms with Crippen molar-refractivity contribution in [2.75, 3.05) is 5.32 Å². The van der Waals surface area contributed by atoms with E-state index in [0.717, 1.165) is 22.4 Å². The molecule has 0 saturated heterocycles. The minimum atomic E-state index is -0.0288. The first-order chi connectivity index (χ1) is 10.7. The number of rotatable bonds is 2. The number of nitrogens with zero attached hydrogens (tertiary/aromatic N) is 2. The maximum absolute atomic E-state index is 11.4. The van der Waals surface area contributed by atoms with Crippen LogP contribution in [0.2, 0.25) is 0 Å². The summed E-state index contributed by atoms with van der Waals surface area (Å²) in [4.78, 5) is 20.2.